The van der Waals surface area contributed by atoms with E-state index < -0.39 is 0 Å². The molecule has 126 valence electrons. The van der Waals surface area contributed by atoms with Crippen molar-refractivity contribution in [3.05, 3.63) is 65.7 Å². The molecule has 0 heterocycles. The van der Waals surface area contributed by atoms with Crippen LogP contribution in [0.4, 0.5) is 5.69 Å². The quantitative estimate of drug-likeness (QED) is 0.833. The van der Waals surface area contributed by atoms with Crippen molar-refractivity contribution in [3.63, 3.8) is 0 Å². The number of hydrogen-bond donors (Lipinski definition) is 2. The van der Waals surface area contributed by atoms with Crippen LogP contribution in [-0.4, -0.2) is 44.4 Å². The first-order valence-electron chi connectivity index (χ1n) is 7.92. The lowest BCUT2D eigenvalue weighted by Crippen LogP contribution is -3.08. The van der Waals surface area contributed by atoms with Crippen molar-refractivity contribution in [2.45, 2.75) is 6.54 Å². The summed E-state index contributed by atoms with van der Waals surface area (Å²) in [6.07, 6.45) is 0. The van der Waals surface area contributed by atoms with E-state index in [0.717, 1.165) is 11.4 Å². The van der Waals surface area contributed by atoms with Gasteiger partial charge in [0.1, 0.15) is 6.54 Å². The number of carbonyl (C=O) groups excluding carboxylic acids is 2. The maximum absolute atomic E-state index is 12.1. The molecule has 5 heteroatoms. The normalized spacial score (nSPS) is 11.6. The fourth-order valence-corrected chi connectivity index (χ4v) is 2.44. The van der Waals surface area contributed by atoms with E-state index in [-0.39, 0.29) is 11.8 Å². The second kappa shape index (κ2) is 8.26. The molecular weight excluding hydrogens is 302 g/mol. The average molecular weight is 326 g/mol. The molecule has 2 aromatic carbocycles. The summed E-state index contributed by atoms with van der Waals surface area (Å²) in [6, 6.07) is 17.0. The SMILES string of the molecule is CN(C)C(=O)c1ccc(NC(=O)C[NH+](C)Cc2ccccc2)cc1. The Hall–Kier alpha value is -2.66. The van der Waals surface area contributed by atoms with Crippen LogP contribution in [0.1, 0.15) is 15.9 Å². The first kappa shape index (κ1) is 17.7. The van der Waals surface area contributed by atoms with Crippen molar-refractivity contribution in [1.29, 1.82) is 0 Å². The average Bonchev–Trinajstić information content (AvgIpc) is 2.55. The summed E-state index contributed by atoms with van der Waals surface area (Å²) in [7, 11) is 5.41. The number of nitrogens with zero attached hydrogens (tertiary/aromatic N) is 1. The lowest BCUT2D eigenvalue weighted by molar-refractivity contribution is -0.885. The standard InChI is InChI=1S/C19H23N3O2/c1-21(2)19(24)16-9-11-17(12-10-16)20-18(23)14-22(3)13-15-7-5-4-6-8-15/h4-12H,13-14H2,1-3H3,(H,20,23)/p+1. The zero-order valence-electron chi connectivity index (χ0n) is 14.4. The maximum Gasteiger partial charge on any atom is 0.279 e. The summed E-state index contributed by atoms with van der Waals surface area (Å²) in [4.78, 5) is 26.6. The minimum Gasteiger partial charge on any atom is -0.345 e. The number of benzene rings is 2. The predicted octanol–water partition coefficient (Wildman–Crippen LogP) is 1.04. The molecule has 2 rings (SSSR count). The van der Waals surface area contributed by atoms with Gasteiger partial charge < -0.3 is 15.1 Å². The monoisotopic (exact) mass is 326 g/mol. The molecule has 5 nitrogen and oxygen atoms in total. The largest absolute Gasteiger partial charge is 0.345 e. The summed E-state index contributed by atoms with van der Waals surface area (Å²) in [5, 5.41) is 2.87. The smallest absolute Gasteiger partial charge is 0.279 e. The minimum atomic E-state index is -0.0556. The van der Waals surface area contributed by atoms with Gasteiger partial charge in [0.2, 0.25) is 0 Å². The Morgan fingerprint density at radius 3 is 2.21 bits per heavy atom. The molecule has 0 saturated carbocycles. The third-order valence-corrected chi connectivity index (χ3v) is 3.63. The lowest BCUT2D eigenvalue weighted by atomic mass is 10.2. The molecule has 0 aliphatic heterocycles. The lowest BCUT2D eigenvalue weighted by Gasteiger charge is -2.14. The number of anilines is 1. The highest BCUT2D eigenvalue weighted by Crippen LogP contribution is 2.10. The van der Waals surface area contributed by atoms with Crippen LogP contribution in [0.2, 0.25) is 0 Å². The van der Waals surface area contributed by atoms with Gasteiger partial charge in [-0.3, -0.25) is 9.59 Å². The Morgan fingerprint density at radius 1 is 1.00 bits per heavy atom. The minimum absolute atomic E-state index is 0.0462. The Morgan fingerprint density at radius 2 is 1.62 bits per heavy atom. The van der Waals surface area contributed by atoms with Crippen LogP contribution >= 0.6 is 0 Å². The highest BCUT2D eigenvalue weighted by Gasteiger charge is 2.12. The first-order chi connectivity index (χ1) is 11.5. The fourth-order valence-electron chi connectivity index (χ4n) is 2.44. The van der Waals surface area contributed by atoms with E-state index in [2.05, 4.69) is 17.4 Å². The molecule has 2 amide bonds. The molecule has 0 spiro atoms. The van der Waals surface area contributed by atoms with Crippen LogP contribution in [0.5, 0.6) is 0 Å². The molecule has 0 saturated heterocycles. The van der Waals surface area contributed by atoms with Crippen LogP contribution in [0.25, 0.3) is 0 Å². The van der Waals surface area contributed by atoms with Crippen molar-refractivity contribution in [1.82, 2.24) is 4.90 Å². The number of carbonyl (C=O) groups is 2. The van der Waals surface area contributed by atoms with Gasteiger partial charge in [-0.2, -0.15) is 0 Å². The molecule has 1 unspecified atom stereocenters. The van der Waals surface area contributed by atoms with Crippen molar-refractivity contribution in [2.75, 3.05) is 33.0 Å². The van der Waals surface area contributed by atoms with Crippen LogP contribution in [0.15, 0.2) is 54.6 Å². The number of likely N-dealkylation sites (N-methyl/N-ethyl adjacent to an activating group) is 1. The van der Waals surface area contributed by atoms with Crippen molar-refractivity contribution in [3.8, 4) is 0 Å². The van der Waals surface area contributed by atoms with Crippen LogP contribution < -0.4 is 10.2 Å². The van der Waals surface area contributed by atoms with E-state index in [1.165, 1.54) is 10.5 Å². The third-order valence-electron chi connectivity index (χ3n) is 3.63. The van der Waals surface area contributed by atoms with Gasteiger partial charge >= 0.3 is 0 Å². The van der Waals surface area contributed by atoms with E-state index >= 15 is 0 Å². The first-order valence-corrected chi connectivity index (χ1v) is 7.92. The Kier molecular flexibility index (Phi) is 6.09. The molecule has 0 fully saturated rings. The maximum atomic E-state index is 12.1. The molecule has 2 aromatic rings. The van der Waals surface area contributed by atoms with Crippen LogP contribution in [0, 0.1) is 0 Å². The molecule has 2 N–H and O–H groups in total. The van der Waals surface area contributed by atoms with Gasteiger partial charge in [-0.15, -0.1) is 0 Å². The van der Waals surface area contributed by atoms with Gasteiger partial charge in [0.15, 0.2) is 6.54 Å². The molecule has 0 aromatic heterocycles. The summed E-state index contributed by atoms with van der Waals surface area (Å²) in [5.74, 6) is -0.102. The van der Waals surface area contributed by atoms with E-state index in [1.807, 2.05) is 25.2 Å². The second-order valence-electron chi connectivity index (χ2n) is 6.12. The number of rotatable bonds is 6. The van der Waals surface area contributed by atoms with Crippen molar-refractivity contribution < 1.29 is 14.5 Å². The highest BCUT2D eigenvalue weighted by atomic mass is 16.2. The van der Waals surface area contributed by atoms with E-state index in [9.17, 15) is 9.59 Å². The number of quaternary nitrogens is 1. The molecule has 0 aliphatic carbocycles. The van der Waals surface area contributed by atoms with Crippen molar-refractivity contribution in [2.24, 2.45) is 0 Å². The fraction of sp³-hybridized carbons (Fsp3) is 0.263. The number of nitrogens with one attached hydrogen (secondary N) is 2. The number of hydrogen-bond acceptors (Lipinski definition) is 2. The third kappa shape index (κ3) is 5.21. The number of amides is 2. The molecule has 24 heavy (non-hydrogen) atoms. The van der Waals surface area contributed by atoms with Crippen LogP contribution in [0.3, 0.4) is 0 Å². The van der Waals surface area contributed by atoms with E-state index in [4.69, 9.17) is 0 Å². The predicted molar refractivity (Wildman–Crippen MR) is 95.0 cm³/mol. The Balaban J connectivity index is 1.86. The topological polar surface area (TPSA) is 53.9 Å². The molecule has 0 radical (unpaired) electrons. The van der Waals surface area contributed by atoms with E-state index in [0.29, 0.717) is 17.8 Å². The van der Waals surface area contributed by atoms with E-state index in [1.54, 1.807) is 38.4 Å². The van der Waals surface area contributed by atoms with Gasteiger partial charge in [-0.1, -0.05) is 30.3 Å². The zero-order chi connectivity index (χ0) is 17.5. The molecular formula is C19H24N3O2+. The summed E-state index contributed by atoms with van der Waals surface area (Å²) >= 11 is 0. The molecule has 1 atom stereocenters. The molecule has 0 bridgehead atoms. The summed E-state index contributed by atoms with van der Waals surface area (Å²) in [5.41, 5.74) is 2.50. The van der Waals surface area contributed by atoms with Gasteiger partial charge in [-0.25, -0.2) is 0 Å². The van der Waals surface area contributed by atoms with Gasteiger partial charge in [0, 0.05) is 30.9 Å². The summed E-state index contributed by atoms with van der Waals surface area (Å²) in [6.45, 7) is 1.18. The van der Waals surface area contributed by atoms with Gasteiger partial charge in [-0.05, 0) is 24.3 Å². The van der Waals surface area contributed by atoms with Crippen molar-refractivity contribution >= 4 is 17.5 Å². The van der Waals surface area contributed by atoms with Crippen LogP contribution in [-0.2, 0) is 11.3 Å². The zero-order valence-corrected chi connectivity index (χ0v) is 14.4. The Labute approximate surface area is 142 Å². The highest BCUT2D eigenvalue weighted by molar-refractivity contribution is 5.95. The van der Waals surface area contributed by atoms with Gasteiger partial charge in [0.05, 0.1) is 7.05 Å². The Bertz CT molecular complexity index is 682. The summed E-state index contributed by atoms with van der Waals surface area (Å²) < 4.78 is 0. The van der Waals surface area contributed by atoms with Gasteiger partial charge in [0.25, 0.3) is 11.8 Å². The molecule has 0 aliphatic rings. The second-order valence-corrected chi connectivity index (χ2v) is 6.12.